The maximum absolute atomic E-state index is 13.3. The van der Waals surface area contributed by atoms with Gasteiger partial charge in [-0.05, 0) is 49.4 Å². The van der Waals surface area contributed by atoms with Crippen molar-refractivity contribution < 1.29 is 4.39 Å². The van der Waals surface area contributed by atoms with Gasteiger partial charge in [0.25, 0.3) is 0 Å². The number of likely N-dealkylation sites (N-methyl/N-ethyl adjacent to an activating group) is 1. The summed E-state index contributed by atoms with van der Waals surface area (Å²) in [6, 6.07) is 15.5. The molecule has 0 aromatic heterocycles. The molecular formula is C16H17BrFNS. The van der Waals surface area contributed by atoms with Gasteiger partial charge in [-0.15, -0.1) is 11.8 Å². The minimum absolute atomic E-state index is 0.186. The van der Waals surface area contributed by atoms with E-state index in [1.807, 2.05) is 37.0 Å². The summed E-state index contributed by atoms with van der Waals surface area (Å²) in [6.45, 7) is 0. The molecule has 0 heterocycles. The minimum Gasteiger partial charge on any atom is -0.316 e. The topological polar surface area (TPSA) is 12.0 Å². The molecule has 2 rings (SSSR count). The first-order chi connectivity index (χ1) is 9.69. The average Bonchev–Trinajstić information content (AvgIpc) is 2.48. The first-order valence-electron chi connectivity index (χ1n) is 6.48. The van der Waals surface area contributed by atoms with E-state index >= 15 is 0 Å². The molecule has 0 saturated heterocycles. The van der Waals surface area contributed by atoms with Crippen molar-refractivity contribution in [2.24, 2.45) is 0 Å². The van der Waals surface area contributed by atoms with Gasteiger partial charge in [-0.25, -0.2) is 4.39 Å². The number of benzene rings is 2. The van der Waals surface area contributed by atoms with Gasteiger partial charge in [0, 0.05) is 21.2 Å². The van der Waals surface area contributed by atoms with Gasteiger partial charge in [0.15, 0.2) is 0 Å². The molecule has 0 aliphatic heterocycles. The lowest BCUT2D eigenvalue weighted by molar-refractivity contribution is 0.601. The fraction of sp³-hybridized carbons (Fsp3) is 0.250. The molecule has 2 aromatic carbocycles. The quantitative estimate of drug-likeness (QED) is 0.766. The van der Waals surface area contributed by atoms with Crippen LogP contribution < -0.4 is 5.32 Å². The van der Waals surface area contributed by atoms with Gasteiger partial charge in [0.2, 0.25) is 0 Å². The van der Waals surface area contributed by atoms with Crippen molar-refractivity contribution in [3.05, 3.63) is 64.4 Å². The Balaban J connectivity index is 1.97. The number of thioether (sulfide) groups is 1. The van der Waals surface area contributed by atoms with Crippen molar-refractivity contribution in [3.63, 3.8) is 0 Å². The van der Waals surface area contributed by atoms with E-state index in [0.29, 0.717) is 6.04 Å². The second-order valence-corrected chi connectivity index (χ2v) is 6.50. The number of nitrogens with one attached hydrogen (secondary N) is 1. The highest BCUT2D eigenvalue weighted by atomic mass is 79.9. The van der Waals surface area contributed by atoms with Crippen molar-refractivity contribution in [2.45, 2.75) is 17.4 Å². The van der Waals surface area contributed by atoms with Crippen molar-refractivity contribution in [1.82, 2.24) is 5.32 Å². The largest absolute Gasteiger partial charge is 0.316 e. The second-order valence-electron chi connectivity index (χ2n) is 4.55. The third kappa shape index (κ3) is 4.62. The summed E-state index contributed by atoms with van der Waals surface area (Å²) in [5, 5.41) is 3.30. The molecule has 0 amide bonds. The SMILES string of the molecule is CNC(CSc1ccccc1)Cc1cc(F)ccc1Br. The van der Waals surface area contributed by atoms with Crippen LogP contribution in [0.1, 0.15) is 5.56 Å². The molecule has 0 saturated carbocycles. The van der Waals surface area contributed by atoms with Crippen LogP contribution in [0, 0.1) is 5.82 Å². The molecule has 2 aromatic rings. The summed E-state index contributed by atoms with van der Waals surface area (Å²) in [4.78, 5) is 1.26. The zero-order chi connectivity index (χ0) is 14.4. The molecule has 0 fully saturated rings. The third-order valence-electron chi connectivity index (χ3n) is 3.08. The van der Waals surface area contributed by atoms with E-state index in [9.17, 15) is 4.39 Å². The van der Waals surface area contributed by atoms with Gasteiger partial charge in [-0.1, -0.05) is 34.1 Å². The number of halogens is 2. The summed E-state index contributed by atoms with van der Waals surface area (Å²) in [7, 11) is 1.95. The van der Waals surface area contributed by atoms with Crippen LogP contribution in [0.15, 0.2) is 57.9 Å². The lowest BCUT2D eigenvalue weighted by Gasteiger charge is -2.17. The normalized spacial score (nSPS) is 12.3. The number of hydrogen-bond donors (Lipinski definition) is 1. The Morgan fingerprint density at radius 1 is 1.20 bits per heavy atom. The highest BCUT2D eigenvalue weighted by molar-refractivity contribution is 9.10. The fourth-order valence-corrected chi connectivity index (χ4v) is 3.36. The molecule has 0 radical (unpaired) electrons. The van der Waals surface area contributed by atoms with E-state index in [1.165, 1.54) is 11.0 Å². The van der Waals surface area contributed by atoms with Gasteiger partial charge in [0.05, 0.1) is 0 Å². The van der Waals surface area contributed by atoms with Crippen molar-refractivity contribution in [2.75, 3.05) is 12.8 Å². The summed E-state index contributed by atoms with van der Waals surface area (Å²) < 4.78 is 14.3. The Bertz CT molecular complexity index is 547. The molecule has 0 aliphatic rings. The van der Waals surface area contributed by atoms with Crippen LogP contribution in [-0.2, 0) is 6.42 Å². The van der Waals surface area contributed by atoms with Gasteiger partial charge in [-0.2, -0.15) is 0 Å². The summed E-state index contributed by atoms with van der Waals surface area (Å²) >= 11 is 5.29. The summed E-state index contributed by atoms with van der Waals surface area (Å²) in [5.41, 5.74) is 0.998. The summed E-state index contributed by atoms with van der Waals surface area (Å²) in [5.74, 6) is 0.762. The number of rotatable bonds is 6. The predicted molar refractivity (Wildman–Crippen MR) is 87.8 cm³/mol. The van der Waals surface area contributed by atoms with Gasteiger partial charge >= 0.3 is 0 Å². The zero-order valence-corrected chi connectivity index (χ0v) is 13.7. The van der Waals surface area contributed by atoms with E-state index in [-0.39, 0.29) is 5.82 Å². The Morgan fingerprint density at radius 2 is 1.95 bits per heavy atom. The summed E-state index contributed by atoms with van der Waals surface area (Å²) in [6.07, 6.45) is 0.800. The van der Waals surface area contributed by atoms with Crippen LogP contribution in [0.4, 0.5) is 4.39 Å². The lowest BCUT2D eigenvalue weighted by atomic mass is 10.1. The lowest BCUT2D eigenvalue weighted by Crippen LogP contribution is -2.30. The number of hydrogen-bond acceptors (Lipinski definition) is 2. The van der Waals surface area contributed by atoms with Gasteiger partial charge < -0.3 is 5.32 Å². The molecule has 1 N–H and O–H groups in total. The smallest absolute Gasteiger partial charge is 0.123 e. The molecule has 0 spiro atoms. The van der Waals surface area contributed by atoms with Crippen LogP contribution in [0.3, 0.4) is 0 Å². The zero-order valence-electron chi connectivity index (χ0n) is 11.3. The molecule has 1 unspecified atom stereocenters. The molecule has 4 heteroatoms. The Morgan fingerprint density at radius 3 is 2.65 bits per heavy atom. The van der Waals surface area contributed by atoms with Gasteiger partial charge in [-0.3, -0.25) is 0 Å². The minimum atomic E-state index is -0.186. The van der Waals surface area contributed by atoms with Gasteiger partial charge in [0.1, 0.15) is 5.82 Å². The highest BCUT2D eigenvalue weighted by Gasteiger charge is 2.11. The van der Waals surface area contributed by atoms with Crippen LogP contribution in [0.2, 0.25) is 0 Å². The standard InChI is InChI=1S/C16H17BrFNS/c1-19-14(11-20-15-5-3-2-4-6-15)10-12-9-13(18)7-8-16(12)17/h2-9,14,19H,10-11H2,1H3. The Labute approximate surface area is 132 Å². The van der Waals surface area contributed by atoms with Crippen LogP contribution in [0.25, 0.3) is 0 Å². The molecule has 1 nitrogen and oxygen atoms in total. The fourth-order valence-electron chi connectivity index (χ4n) is 1.92. The second kappa shape index (κ2) is 7.81. The van der Waals surface area contributed by atoms with Crippen molar-refractivity contribution in [1.29, 1.82) is 0 Å². The van der Waals surface area contributed by atoms with E-state index < -0.39 is 0 Å². The predicted octanol–water partition coefficient (Wildman–Crippen LogP) is 4.51. The first kappa shape index (κ1) is 15.5. The first-order valence-corrected chi connectivity index (χ1v) is 8.26. The average molecular weight is 354 g/mol. The Kier molecular flexibility index (Phi) is 6.07. The van der Waals surface area contributed by atoms with Crippen molar-refractivity contribution in [3.8, 4) is 0 Å². The van der Waals surface area contributed by atoms with Crippen LogP contribution >= 0.6 is 27.7 Å². The maximum atomic E-state index is 13.3. The van der Waals surface area contributed by atoms with Crippen LogP contribution in [-0.4, -0.2) is 18.8 Å². The van der Waals surface area contributed by atoms with Crippen LogP contribution in [0.5, 0.6) is 0 Å². The van der Waals surface area contributed by atoms with E-state index in [2.05, 4.69) is 33.4 Å². The van der Waals surface area contributed by atoms with Crippen molar-refractivity contribution >= 4 is 27.7 Å². The molecule has 1 atom stereocenters. The maximum Gasteiger partial charge on any atom is 0.123 e. The molecule has 0 bridgehead atoms. The molecular weight excluding hydrogens is 337 g/mol. The monoisotopic (exact) mass is 353 g/mol. The Hall–Kier alpha value is -0.840. The van der Waals surface area contributed by atoms with E-state index in [4.69, 9.17) is 0 Å². The highest BCUT2D eigenvalue weighted by Crippen LogP contribution is 2.22. The molecule has 0 aliphatic carbocycles. The van der Waals surface area contributed by atoms with E-state index in [0.717, 1.165) is 22.2 Å². The van der Waals surface area contributed by atoms with E-state index in [1.54, 1.807) is 12.1 Å². The molecule has 20 heavy (non-hydrogen) atoms. The third-order valence-corrected chi connectivity index (χ3v) is 5.02. The molecule has 106 valence electrons.